The molecule has 0 aromatic heterocycles. The molecule has 4 nitrogen and oxygen atoms in total. The normalized spacial score (nSPS) is 10.4. The smallest absolute Gasteiger partial charge is 0.123 e. The topological polar surface area (TPSA) is 64.7 Å². The summed E-state index contributed by atoms with van der Waals surface area (Å²) in [4.78, 5) is 0. The van der Waals surface area contributed by atoms with Gasteiger partial charge in [0.05, 0.1) is 7.11 Å². The van der Waals surface area contributed by atoms with Crippen molar-refractivity contribution < 1.29 is 14.6 Å². The van der Waals surface area contributed by atoms with Crippen LogP contribution in [0.5, 0.6) is 11.5 Å². The van der Waals surface area contributed by atoms with Gasteiger partial charge in [-0.25, -0.2) is 0 Å². The molecule has 21 heavy (non-hydrogen) atoms. The summed E-state index contributed by atoms with van der Waals surface area (Å²) in [6, 6.07) is 13.6. The van der Waals surface area contributed by atoms with Crippen molar-refractivity contribution in [3.05, 3.63) is 59.2 Å². The lowest BCUT2D eigenvalue weighted by Gasteiger charge is -2.11. The van der Waals surface area contributed by atoms with Crippen LogP contribution in [0.1, 0.15) is 16.7 Å². The third-order valence-corrected chi connectivity index (χ3v) is 3.30. The standard InChI is InChI=1S/C17H21NO3/c1-20-17-10-14(2-5-15(17)11-18)12-21-16-6-3-13(4-7-16)8-9-19/h2-7,10,19H,8-9,11-12,18H2,1H3. The van der Waals surface area contributed by atoms with Crippen LogP contribution < -0.4 is 15.2 Å². The molecule has 0 saturated carbocycles. The van der Waals surface area contributed by atoms with Crippen molar-refractivity contribution >= 4 is 0 Å². The van der Waals surface area contributed by atoms with Crippen molar-refractivity contribution in [1.82, 2.24) is 0 Å². The second kappa shape index (κ2) is 7.67. The second-order valence-electron chi connectivity index (χ2n) is 4.76. The van der Waals surface area contributed by atoms with Gasteiger partial charge in [0.1, 0.15) is 18.1 Å². The Morgan fingerprint density at radius 3 is 2.38 bits per heavy atom. The molecule has 0 aliphatic carbocycles. The molecular formula is C17H21NO3. The summed E-state index contributed by atoms with van der Waals surface area (Å²) in [6.07, 6.45) is 0.665. The van der Waals surface area contributed by atoms with Gasteiger partial charge >= 0.3 is 0 Å². The van der Waals surface area contributed by atoms with Gasteiger partial charge in [-0.1, -0.05) is 24.3 Å². The Balaban J connectivity index is 1.99. The van der Waals surface area contributed by atoms with Gasteiger partial charge in [0.25, 0.3) is 0 Å². The Morgan fingerprint density at radius 2 is 1.76 bits per heavy atom. The van der Waals surface area contributed by atoms with E-state index in [9.17, 15) is 0 Å². The highest BCUT2D eigenvalue weighted by atomic mass is 16.5. The summed E-state index contributed by atoms with van der Waals surface area (Å²) in [5.41, 5.74) is 8.76. The van der Waals surface area contributed by atoms with E-state index in [4.69, 9.17) is 20.3 Å². The molecule has 0 heterocycles. The van der Waals surface area contributed by atoms with Gasteiger partial charge < -0.3 is 20.3 Å². The molecule has 0 fully saturated rings. The summed E-state index contributed by atoms with van der Waals surface area (Å²) in [7, 11) is 1.64. The van der Waals surface area contributed by atoms with Crippen LogP contribution in [-0.4, -0.2) is 18.8 Å². The Bertz CT molecular complexity index is 567. The number of rotatable bonds is 7. The maximum absolute atomic E-state index is 8.88. The molecule has 0 saturated heterocycles. The molecule has 3 N–H and O–H groups in total. The largest absolute Gasteiger partial charge is 0.496 e. The molecule has 0 aliphatic heterocycles. The first-order chi connectivity index (χ1) is 10.3. The second-order valence-corrected chi connectivity index (χ2v) is 4.76. The van der Waals surface area contributed by atoms with Gasteiger partial charge in [-0.2, -0.15) is 0 Å². The number of nitrogens with two attached hydrogens (primary N) is 1. The highest BCUT2D eigenvalue weighted by Crippen LogP contribution is 2.21. The average molecular weight is 287 g/mol. The van der Waals surface area contributed by atoms with Crippen molar-refractivity contribution in [3.63, 3.8) is 0 Å². The van der Waals surface area contributed by atoms with Crippen molar-refractivity contribution in [2.75, 3.05) is 13.7 Å². The van der Waals surface area contributed by atoms with E-state index < -0.39 is 0 Å². The first-order valence-corrected chi connectivity index (χ1v) is 6.95. The predicted molar refractivity (Wildman–Crippen MR) is 82.4 cm³/mol. The van der Waals surface area contributed by atoms with Crippen LogP contribution in [-0.2, 0) is 19.6 Å². The van der Waals surface area contributed by atoms with Crippen molar-refractivity contribution in [1.29, 1.82) is 0 Å². The van der Waals surface area contributed by atoms with Gasteiger partial charge in [-0.05, 0) is 35.7 Å². The lowest BCUT2D eigenvalue weighted by Crippen LogP contribution is -2.02. The lowest BCUT2D eigenvalue weighted by molar-refractivity contribution is 0.298. The minimum Gasteiger partial charge on any atom is -0.496 e. The van der Waals surface area contributed by atoms with E-state index in [0.29, 0.717) is 19.6 Å². The van der Waals surface area contributed by atoms with E-state index in [1.807, 2.05) is 42.5 Å². The lowest BCUT2D eigenvalue weighted by atomic mass is 10.1. The fourth-order valence-electron chi connectivity index (χ4n) is 2.10. The summed E-state index contributed by atoms with van der Waals surface area (Å²) >= 11 is 0. The summed E-state index contributed by atoms with van der Waals surface area (Å²) in [5, 5.41) is 8.88. The van der Waals surface area contributed by atoms with E-state index in [0.717, 1.165) is 28.2 Å². The van der Waals surface area contributed by atoms with E-state index in [1.165, 1.54) is 0 Å². The fraction of sp³-hybridized carbons (Fsp3) is 0.294. The van der Waals surface area contributed by atoms with Crippen molar-refractivity contribution in [2.24, 2.45) is 5.73 Å². The molecule has 0 bridgehead atoms. The number of aliphatic hydroxyl groups excluding tert-OH is 1. The summed E-state index contributed by atoms with van der Waals surface area (Å²) in [6.45, 7) is 1.09. The number of ether oxygens (including phenoxy) is 2. The van der Waals surface area contributed by atoms with Crippen LogP contribution in [0.4, 0.5) is 0 Å². The molecule has 0 unspecified atom stereocenters. The van der Waals surface area contributed by atoms with E-state index >= 15 is 0 Å². The maximum atomic E-state index is 8.88. The van der Waals surface area contributed by atoms with Crippen molar-refractivity contribution in [2.45, 2.75) is 19.6 Å². The van der Waals surface area contributed by atoms with Crippen LogP contribution >= 0.6 is 0 Å². The molecule has 2 rings (SSSR count). The van der Waals surface area contributed by atoms with Crippen LogP contribution in [0.3, 0.4) is 0 Å². The van der Waals surface area contributed by atoms with Gasteiger partial charge in [0.15, 0.2) is 0 Å². The van der Waals surface area contributed by atoms with Crippen LogP contribution in [0, 0.1) is 0 Å². The zero-order valence-corrected chi connectivity index (χ0v) is 12.2. The number of benzene rings is 2. The van der Waals surface area contributed by atoms with E-state index in [1.54, 1.807) is 7.11 Å². The zero-order chi connectivity index (χ0) is 15.1. The first-order valence-electron chi connectivity index (χ1n) is 6.95. The third kappa shape index (κ3) is 4.21. The van der Waals surface area contributed by atoms with Crippen LogP contribution in [0.15, 0.2) is 42.5 Å². The van der Waals surface area contributed by atoms with E-state index in [-0.39, 0.29) is 6.61 Å². The molecule has 0 radical (unpaired) electrons. The minimum absolute atomic E-state index is 0.160. The third-order valence-electron chi connectivity index (χ3n) is 3.30. The number of aliphatic hydroxyl groups is 1. The molecule has 0 amide bonds. The highest BCUT2D eigenvalue weighted by molar-refractivity contribution is 5.37. The molecular weight excluding hydrogens is 266 g/mol. The predicted octanol–water partition coefficient (Wildman–Crippen LogP) is 2.27. The van der Waals surface area contributed by atoms with Gasteiger partial charge in [-0.3, -0.25) is 0 Å². The number of hydrogen-bond acceptors (Lipinski definition) is 4. The van der Waals surface area contributed by atoms with Gasteiger partial charge in [0.2, 0.25) is 0 Å². The Morgan fingerprint density at radius 1 is 1.05 bits per heavy atom. The van der Waals surface area contributed by atoms with Gasteiger partial charge in [-0.15, -0.1) is 0 Å². The average Bonchev–Trinajstić information content (AvgIpc) is 2.54. The molecule has 0 atom stereocenters. The highest BCUT2D eigenvalue weighted by Gasteiger charge is 2.04. The molecule has 0 spiro atoms. The SMILES string of the molecule is COc1cc(COc2ccc(CCO)cc2)ccc1CN. The minimum atomic E-state index is 0.160. The maximum Gasteiger partial charge on any atom is 0.123 e. The summed E-state index contributed by atoms with van der Waals surface area (Å²) in [5.74, 6) is 1.59. The Hall–Kier alpha value is -2.04. The molecule has 4 heteroatoms. The van der Waals surface area contributed by atoms with Crippen LogP contribution in [0.2, 0.25) is 0 Å². The van der Waals surface area contributed by atoms with Gasteiger partial charge in [0, 0.05) is 18.7 Å². The Kier molecular flexibility index (Phi) is 5.60. The molecule has 0 aliphatic rings. The molecule has 112 valence electrons. The van der Waals surface area contributed by atoms with E-state index in [2.05, 4.69) is 0 Å². The van der Waals surface area contributed by atoms with Crippen LogP contribution in [0.25, 0.3) is 0 Å². The van der Waals surface area contributed by atoms with Crippen molar-refractivity contribution in [3.8, 4) is 11.5 Å². The quantitative estimate of drug-likeness (QED) is 0.820. The molecule has 2 aromatic rings. The zero-order valence-electron chi connectivity index (χ0n) is 12.2. The molecule has 2 aromatic carbocycles. The monoisotopic (exact) mass is 287 g/mol. The number of hydrogen-bond donors (Lipinski definition) is 2. The Labute approximate surface area is 125 Å². The summed E-state index contributed by atoms with van der Waals surface area (Å²) < 4.78 is 11.1. The first kappa shape index (κ1) is 15.4. The fourth-order valence-corrected chi connectivity index (χ4v) is 2.10. The number of methoxy groups -OCH3 is 1.